The van der Waals surface area contributed by atoms with Crippen molar-refractivity contribution in [3.8, 4) is 0 Å². The van der Waals surface area contributed by atoms with Crippen LogP contribution in [0.5, 0.6) is 0 Å². The number of nitrogens with zero attached hydrogens (tertiary/aromatic N) is 3. The lowest BCUT2D eigenvalue weighted by molar-refractivity contribution is -0.138. The SMILES string of the molecule is Cc1ccc(C(=O)N2CCCC(C(=O)N3CCN(S(=O)(=O)c4ccc(F)c(F)c4)CC3)C2)cc1. The van der Waals surface area contributed by atoms with E-state index in [4.69, 9.17) is 0 Å². The summed E-state index contributed by atoms with van der Waals surface area (Å²) < 4.78 is 53.5. The first-order chi connectivity index (χ1) is 16.2. The summed E-state index contributed by atoms with van der Waals surface area (Å²) in [5, 5.41) is 0. The van der Waals surface area contributed by atoms with E-state index in [-0.39, 0.29) is 48.8 Å². The molecule has 2 heterocycles. The zero-order chi connectivity index (χ0) is 24.5. The molecule has 0 saturated carbocycles. The van der Waals surface area contributed by atoms with Crippen LogP contribution in [0, 0.1) is 24.5 Å². The summed E-state index contributed by atoms with van der Waals surface area (Å²) in [5.41, 5.74) is 1.66. The Hall–Kier alpha value is -2.85. The molecule has 2 aliphatic rings. The molecule has 34 heavy (non-hydrogen) atoms. The van der Waals surface area contributed by atoms with Crippen LogP contribution in [0.4, 0.5) is 8.78 Å². The predicted molar refractivity (Wildman–Crippen MR) is 122 cm³/mol. The number of likely N-dealkylation sites (tertiary alicyclic amines) is 1. The molecule has 2 fully saturated rings. The van der Waals surface area contributed by atoms with Crippen molar-refractivity contribution in [1.29, 1.82) is 0 Å². The number of halogens is 2. The number of hydrogen-bond donors (Lipinski definition) is 0. The molecule has 2 amide bonds. The number of carbonyl (C=O) groups is 2. The van der Waals surface area contributed by atoms with Crippen molar-refractivity contribution in [1.82, 2.24) is 14.1 Å². The molecule has 182 valence electrons. The lowest BCUT2D eigenvalue weighted by Crippen LogP contribution is -2.54. The number of aryl methyl sites for hydroxylation is 1. The zero-order valence-electron chi connectivity index (χ0n) is 18.9. The third kappa shape index (κ3) is 4.97. The van der Waals surface area contributed by atoms with Gasteiger partial charge in [-0.05, 0) is 50.1 Å². The van der Waals surface area contributed by atoms with E-state index in [2.05, 4.69) is 0 Å². The number of piperazine rings is 1. The Balaban J connectivity index is 1.36. The number of rotatable bonds is 4. The van der Waals surface area contributed by atoms with Crippen LogP contribution >= 0.6 is 0 Å². The van der Waals surface area contributed by atoms with E-state index in [0.717, 1.165) is 24.1 Å². The van der Waals surface area contributed by atoms with Crippen LogP contribution in [0.25, 0.3) is 0 Å². The number of carbonyl (C=O) groups excluding carboxylic acids is 2. The third-order valence-corrected chi connectivity index (χ3v) is 8.33. The molecule has 0 radical (unpaired) electrons. The number of hydrogen-bond acceptors (Lipinski definition) is 4. The van der Waals surface area contributed by atoms with Crippen molar-refractivity contribution in [2.24, 2.45) is 5.92 Å². The van der Waals surface area contributed by atoms with Gasteiger partial charge in [-0.25, -0.2) is 17.2 Å². The first kappa shape index (κ1) is 24.3. The first-order valence-corrected chi connectivity index (χ1v) is 12.7. The summed E-state index contributed by atoms with van der Waals surface area (Å²) in [4.78, 5) is 29.0. The van der Waals surface area contributed by atoms with Gasteiger partial charge in [-0.3, -0.25) is 9.59 Å². The van der Waals surface area contributed by atoms with Crippen molar-refractivity contribution >= 4 is 21.8 Å². The molecule has 0 N–H and O–H groups in total. The summed E-state index contributed by atoms with van der Waals surface area (Å²) in [6, 6.07) is 9.83. The summed E-state index contributed by atoms with van der Waals surface area (Å²) in [5.74, 6) is -2.86. The highest BCUT2D eigenvalue weighted by Crippen LogP contribution is 2.24. The molecule has 2 saturated heterocycles. The minimum Gasteiger partial charge on any atom is -0.340 e. The smallest absolute Gasteiger partial charge is 0.253 e. The van der Waals surface area contributed by atoms with Crippen molar-refractivity contribution in [2.45, 2.75) is 24.7 Å². The van der Waals surface area contributed by atoms with Gasteiger partial charge in [-0.15, -0.1) is 0 Å². The van der Waals surface area contributed by atoms with Gasteiger partial charge in [0.15, 0.2) is 11.6 Å². The van der Waals surface area contributed by atoms with Gasteiger partial charge in [0.2, 0.25) is 15.9 Å². The van der Waals surface area contributed by atoms with E-state index >= 15 is 0 Å². The van der Waals surface area contributed by atoms with Crippen molar-refractivity contribution in [3.63, 3.8) is 0 Å². The second-order valence-electron chi connectivity index (χ2n) is 8.76. The van der Waals surface area contributed by atoms with Crippen LogP contribution in [0.15, 0.2) is 47.4 Å². The van der Waals surface area contributed by atoms with E-state index < -0.39 is 21.7 Å². The normalized spacial score (nSPS) is 19.8. The van der Waals surface area contributed by atoms with E-state index in [9.17, 15) is 26.8 Å². The number of sulfonamides is 1. The van der Waals surface area contributed by atoms with E-state index in [1.807, 2.05) is 19.1 Å². The van der Waals surface area contributed by atoms with Gasteiger partial charge in [-0.2, -0.15) is 4.31 Å². The van der Waals surface area contributed by atoms with Crippen molar-refractivity contribution < 1.29 is 26.8 Å². The van der Waals surface area contributed by atoms with Crippen LogP contribution < -0.4 is 0 Å². The van der Waals surface area contributed by atoms with Gasteiger partial charge in [-0.1, -0.05) is 17.7 Å². The zero-order valence-corrected chi connectivity index (χ0v) is 19.7. The monoisotopic (exact) mass is 491 g/mol. The van der Waals surface area contributed by atoms with Gasteiger partial charge in [0.1, 0.15) is 0 Å². The molecule has 1 unspecified atom stereocenters. The molecule has 2 aromatic carbocycles. The fourth-order valence-electron chi connectivity index (χ4n) is 4.44. The molecule has 7 nitrogen and oxygen atoms in total. The van der Waals surface area contributed by atoms with Gasteiger partial charge in [0.05, 0.1) is 10.8 Å². The number of piperidine rings is 1. The topological polar surface area (TPSA) is 78.0 Å². The Bertz CT molecular complexity index is 1180. The Morgan fingerprint density at radius 2 is 1.56 bits per heavy atom. The minimum atomic E-state index is -3.99. The van der Waals surface area contributed by atoms with Crippen LogP contribution in [-0.2, 0) is 14.8 Å². The molecular weight excluding hydrogens is 464 g/mol. The number of amides is 2. The average Bonchev–Trinajstić information content (AvgIpc) is 2.85. The molecular formula is C24H27F2N3O4S. The molecule has 1 atom stereocenters. The van der Waals surface area contributed by atoms with E-state index in [0.29, 0.717) is 31.1 Å². The van der Waals surface area contributed by atoms with Gasteiger partial charge >= 0.3 is 0 Å². The summed E-state index contributed by atoms with van der Waals surface area (Å²) >= 11 is 0. The molecule has 10 heteroatoms. The first-order valence-electron chi connectivity index (χ1n) is 11.3. The van der Waals surface area contributed by atoms with Gasteiger partial charge in [0, 0.05) is 44.8 Å². The molecule has 0 aromatic heterocycles. The lowest BCUT2D eigenvalue weighted by atomic mass is 9.95. The Labute approximate surface area is 198 Å². The second-order valence-corrected chi connectivity index (χ2v) is 10.7. The van der Waals surface area contributed by atoms with E-state index in [1.165, 1.54) is 4.31 Å². The highest BCUT2D eigenvalue weighted by molar-refractivity contribution is 7.89. The largest absolute Gasteiger partial charge is 0.340 e. The Morgan fingerprint density at radius 3 is 2.21 bits per heavy atom. The Morgan fingerprint density at radius 1 is 0.882 bits per heavy atom. The standard InChI is InChI=1S/C24H27F2N3O4S/c1-17-4-6-18(7-5-17)23(30)28-10-2-3-19(16-28)24(31)27-11-13-29(14-12-27)34(32,33)20-8-9-21(25)22(26)15-20/h4-9,15,19H,2-3,10-14,16H2,1H3. The molecule has 4 rings (SSSR count). The maximum Gasteiger partial charge on any atom is 0.253 e. The van der Waals surface area contributed by atoms with Crippen LogP contribution in [0.1, 0.15) is 28.8 Å². The average molecular weight is 492 g/mol. The third-order valence-electron chi connectivity index (χ3n) is 6.44. The summed E-state index contributed by atoms with van der Waals surface area (Å²) in [6.07, 6.45) is 1.39. The summed E-state index contributed by atoms with van der Waals surface area (Å²) in [6.45, 7) is 3.40. The van der Waals surface area contributed by atoms with Crippen LogP contribution in [0.3, 0.4) is 0 Å². The fourth-order valence-corrected chi connectivity index (χ4v) is 5.87. The highest BCUT2D eigenvalue weighted by atomic mass is 32.2. The molecule has 0 aliphatic carbocycles. The molecule has 0 spiro atoms. The van der Waals surface area contributed by atoms with Crippen molar-refractivity contribution in [2.75, 3.05) is 39.3 Å². The lowest BCUT2D eigenvalue weighted by Gasteiger charge is -2.38. The van der Waals surface area contributed by atoms with E-state index in [1.54, 1.807) is 21.9 Å². The summed E-state index contributed by atoms with van der Waals surface area (Å²) in [7, 11) is -3.99. The maximum absolute atomic E-state index is 13.5. The van der Waals surface area contributed by atoms with Gasteiger partial charge < -0.3 is 9.80 Å². The van der Waals surface area contributed by atoms with Gasteiger partial charge in [0.25, 0.3) is 5.91 Å². The Kier molecular flexibility index (Phi) is 6.99. The predicted octanol–water partition coefficient (Wildman–Crippen LogP) is 2.66. The fraction of sp³-hybridized carbons (Fsp3) is 0.417. The molecule has 0 bridgehead atoms. The van der Waals surface area contributed by atoms with Crippen LogP contribution in [-0.4, -0.2) is 73.6 Å². The number of benzene rings is 2. The molecule has 2 aromatic rings. The second kappa shape index (κ2) is 9.79. The van der Waals surface area contributed by atoms with Crippen LogP contribution in [0.2, 0.25) is 0 Å². The minimum absolute atomic E-state index is 0.0613. The highest BCUT2D eigenvalue weighted by Gasteiger charge is 2.35. The van der Waals surface area contributed by atoms with Crippen molar-refractivity contribution in [3.05, 3.63) is 65.2 Å². The molecule has 2 aliphatic heterocycles. The maximum atomic E-state index is 13.5. The quantitative estimate of drug-likeness (QED) is 0.659.